The Morgan fingerprint density at radius 3 is 2.72 bits per heavy atom. The van der Waals surface area contributed by atoms with Crippen molar-refractivity contribution in [3.63, 3.8) is 0 Å². The first-order valence-electron chi connectivity index (χ1n) is 7.42. The van der Waals surface area contributed by atoms with E-state index in [0.29, 0.717) is 6.04 Å². The molecule has 0 heterocycles. The van der Waals surface area contributed by atoms with Crippen LogP contribution in [0.5, 0.6) is 0 Å². The van der Waals surface area contributed by atoms with Crippen LogP contribution in [0.2, 0.25) is 0 Å². The number of rotatable bonds is 4. The van der Waals surface area contributed by atoms with Crippen LogP contribution in [-0.4, -0.2) is 5.71 Å². The molecular formula is C17H25N. The van der Waals surface area contributed by atoms with Crippen molar-refractivity contribution in [1.82, 2.24) is 0 Å². The van der Waals surface area contributed by atoms with Gasteiger partial charge in [-0.2, -0.15) is 0 Å². The van der Waals surface area contributed by atoms with Gasteiger partial charge in [0.25, 0.3) is 0 Å². The first-order chi connectivity index (χ1) is 8.81. The Morgan fingerprint density at radius 1 is 1.22 bits per heavy atom. The topological polar surface area (TPSA) is 12.4 Å². The normalized spacial score (nSPS) is 24.1. The predicted octanol–water partition coefficient (Wildman–Crippen LogP) is 5.18. The Hall–Kier alpha value is -1.11. The smallest absolute Gasteiger partial charge is 0.0720 e. The van der Waals surface area contributed by atoms with Crippen LogP contribution < -0.4 is 0 Å². The Morgan fingerprint density at radius 2 is 2.00 bits per heavy atom. The van der Waals surface area contributed by atoms with Gasteiger partial charge in [0.1, 0.15) is 0 Å². The molecule has 0 aliphatic heterocycles. The van der Waals surface area contributed by atoms with E-state index in [9.17, 15) is 0 Å². The Kier molecular flexibility index (Phi) is 4.98. The van der Waals surface area contributed by atoms with Gasteiger partial charge in [-0.1, -0.05) is 50.1 Å². The molecule has 0 N–H and O–H groups in total. The van der Waals surface area contributed by atoms with E-state index in [4.69, 9.17) is 4.99 Å². The molecule has 0 amide bonds. The lowest BCUT2D eigenvalue weighted by atomic mass is 9.84. The monoisotopic (exact) mass is 243 g/mol. The zero-order valence-corrected chi connectivity index (χ0v) is 11.7. The van der Waals surface area contributed by atoms with Gasteiger partial charge in [0, 0.05) is 5.71 Å². The molecule has 0 saturated heterocycles. The summed E-state index contributed by atoms with van der Waals surface area (Å²) in [6.45, 7) is 4.51. The van der Waals surface area contributed by atoms with Crippen molar-refractivity contribution >= 4 is 5.71 Å². The van der Waals surface area contributed by atoms with Gasteiger partial charge >= 0.3 is 0 Å². The second-order valence-electron chi connectivity index (χ2n) is 5.44. The first-order valence-corrected chi connectivity index (χ1v) is 7.42. The van der Waals surface area contributed by atoms with E-state index in [1.807, 2.05) is 0 Å². The molecule has 1 fully saturated rings. The van der Waals surface area contributed by atoms with Gasteiger partial charge in [-0.05, 0) is 44.1 Å². The summed E-state index contributed by atoms with van der Waals surface area (Å²) in [4.78, 5) is 5.02. The molecule has 18 heavy (non-hydrogen) atoms. The Balaban J connectivity index is 2.10. The van der Waals surface area contributed by atoms with Crippen LogP contribution in [0.4, 0.5) is 0 Å². The number of benzene rings is 1. The molecule has 0 spiro atoms. The number of hydrogen-bond acceptors (Lipinski definition) is 1. The van der Waals surface area contributed by atoms with Crippen LogP contribution in [0.1, 0.15) is 64.0 Å². The standard InChI is InChI=1S/C17H25N/c1-3-9-16-12-7-8-13-17(16)18-14(2)15-10-5-4-6-11-15/h4-6,10-11,14,16H,3,7-9,12-13H2,1-2H3/t14-,16+/m1/s1. The van der Waals surface area contributed by atoms with E-state index >= 15 is 0 Å². The minimum Gasteiger partial charge on any atom is -0.286 e. The van der Waals surface area contributed by atoms with Crippen molar-refractivity contribution < 1.29 is 0 Å². The fourth-order valence-corrected chi connectivity index (χ4v) is 2.95. The van der Waals surface area contributed by atoms with Crippen LogP contribution in [0.15, 0.2) is 35.3 Å². The lowest BCUT2D eigenvalue weighted by molar-refractivity contribution is 0.488. The van der Waals surface area contributed by atoms with Crippen molar-refractivity contribution in [2.45, 2.75) is 58.4 Å². The summed E-state index contributed by atoms with van der Waals surface area (Å²) < 4.78 is 0. The van der Waals surface area contributed by atoms with Crippen LogP contribution >= 0.6 is 0 Å². The maximum absolute atomic E-state index is 5.02. The molecular weight excluding hydrogens is 218 g/mol. The van der Waals surface area contributed by atoms with E-state index in [1.54, 1.807) is 0 Å². The van der Waals surface area contributed by atoms with Crippen molar-refractivity contribution in [2.24, 2.45) is 10.9 Å². The molecule has 0 unspecified atom stereocenters. The highest BCUT2D eigenvalue weighted by Gasteiger charge is 2.20. The van der Waals surface area contributed by atoms with Gasteiger partial charge in [0.15, 0.2) is 0 Å². The highest BCUT2D eigenvalue weighted by Crippen LogP contribution is 2.28. The first kappa shape index (κ1) is 13.3. The molecule has 0 radical (unpaired) electrons. The summed E-state index contributed by atoms with van der Waals surface area (Å²) >= 11 is 0. The van der Waals surface area contributed by atoms with E-state index < -0.39 is 0 Å². The molecule has 0 bridgehead atoms. The Bertz CT molecular complexity index is 378. The summed E-state index contributed by atoms with van der Waals surface area (Å²) in [5.74, 6) is 0.759. The zero-order chi connectivity index (χ0) is 12.8. The van der Waals surface area contributed by atoms with Gasteiger partial charge in [0.2, 0.25) is 0 Å². The second-order valence-corrected chi connectivity index (χ2v) is 5.44. The third-order valence-corrected chi connectivity index (χ3v) is 3.99. The quantitative estimate of drug-likeness (QED) is 0.691. The summed E-state index contributed by atoms with van der Waals surface area (Å²) in [6.07, 6.45) is 7.91. The molecule has 1 aromatic carbocycles. The highest BCUT2D eigenvalue weighted by atomic mass is 14.8. The third-order valence-electron chi connectivity index (χ3n) is 3.99. The van der Waals surface area contributed by atoms with Crippen molar-refractivity contribution in [2.75, 3.05) is 0 Å². The predicted molar refractivity (Wildman–Crippen MR) is 79.2 cm³/mol. The van der Waals surface area contributed by atoms with Gasteiger partial charge in [-0.15, -0.1) is 0 Å². The van der Waals surface area contributed by atoms with Crippen molar-refractivity contribution in [1.29, 1.82) is 0 Å². The molecule has 1 aliphatic carbocycles. The summed E-state index contributed by atoms with van der Waals surface area (Å²) in [5.41, 5.74) is 2.82. The molecule has 2 rings (SSSR count). The SMILES string of the molecule is CCC[C@H]1CCCCC1=N[C@H](C)c1ccccc1. The molecule has 1 nitrogen and oxygen atoms in total. The summed E-state index contributed by atoms with van der Waals surface area (Å²) in [7, 11) is 0. The average molecular weight is 243 g/mol. The summed E-state index contributed by atoms with van der Waals surface area (Å²) in [5, 5.41) is 0. The molecule has 98 valence electrons. The molecule has 1 heteroatoms. The van der Waals surface area contributed by atoms with E-state index in [-0.39, 0.29) is 0 Å². The van der Waals surface area contributed by atoms with Gasteiger partial charge in [0.05, 0.1) is 6.04 Å². The lowest BCUT2D eigenvalue weighted by Gasteiger charge is -2.25. The fourth-order valence-electron chi connectivity index (χ4n) is 2.95. The van der Waals surface area contributed by atoms with E-state index in [2.05, 4.69) is 44.2 Å². The number of hydrogen-bond donors (Lipinski definition) is 0. The van der Waals surface area contributed by atoms with Crippen molar-refractivity contribution in [3.8, 4) is 0 Å². The minimum absolute atomic E-state index is 0.318. The van der Waals surface area contributed by atoms with Crippen LogP contribution in [-0.2, 0) is 0 Å². The summed E-state index contributed by atoms with van der Waals surface area (Å²) in [6, 6.07) is 11.0. The number of aliphatic imine (C=N–C) groups is 1. The number of nitrogens with zero attached hydrogens (tertiary/aromatic N) is 1. The van der Waals surface area contributed by atoms with E-state index in [0.717, 1.165) is 5.92 Å². The fraction of sp³-hybridized carbons (Fsp3) is 0.588. The zero-order valence-electron chi connectivity index (χ0n) is 11.7. The molecule has 2 atom stereocenters. The van der Waals surface area contributed by atoms with Crippen molar-refractivity contribution in [3.05, 3.63) is 35.9 Å². The second kappa shape index (κ2) is 6.72. The minimum atomic E-state index is 0.318. The molecule has 1 aliphatic rings. The maximum atomic E-state index is 5.02. The van der Waals surface area contributed by atoms with Crippen LogP contribution in [0.25, 0.3) is 0 Å². The Labute approximate surface area is 111 Å². The van der Waals surface area contributed by atoms with Gasteiger partial charge in [-0.3, -0.25) is 4.99 Å². The highest BCUT2D eigenvalue weighted by molar-refractivity contribution is 5.87. The van der Waals surface area contributed by atoms with E-state index in [1.165, 1.54) is 49.8 Å². The average Bonchev–Trinajstić information content (AvgIpc) is 2.42. The molecule has 1 aromatic rings. The molecule has 1 saturated carbocycles. The molecule has 0 aromatic heterocycles. The van der Waals surface area contributed by atoms with Crippen LogP contribution in [0.3, 0.4) is 0 Å². The van der Waals surface area contributed by atoms with Gasteiger partial charge in [-0.25, -0.2) is 0 Å². The lowest BCUT2D eigenvalue weighted by Crippen LogP contribution is -2.20. The largest absolute Gasteiger partial charge is 0.286 e. The third kappa shape index (κ3) is 3.44. The maximum Gasteiger partial charge on any atom is 0.0720 e. The van der Waals surface area contributed by atoms with Gasteiger partial charge < -0.3 is 0 Å². The van der Waals surface area contributed by atoms with Crippen LogP contribution in [0, 0.1) is 5.92 Å².